The number of nitrogens with zero attached hydrogens (tertiary/aromatic N) is 3. The summed E-state index contributed by atoms with van der Waals surface area (Å²) in [5.74, 6) is -0.136. The lowest BCUT2D eigenvalue weighted by atomic mass is 10.3. The molecule has 21 heavy (non-hydrogen) atoms. The van der Waals surface area contributed by atoms with Crippen molar-refractivity contribution in [2.45, 2.75) is 0 Å². The van der Waals surface area contributed by atoms with Crippen LogP contribution in [0.3, 0.4) is 0 Å². The minimum Gasteiger partial charge on any atom is -0.382 e. The summed E-state index contributed by atoms with van der Waals surface area (Å²) in [4.78, 5) is 32.1. The van der Waals surface area contributed by atoms with Crippen LogP contribution < -0.4 is 16.0 Å². The number of ether oxygens (including phenoxy) is 1. The van der Waals surface area contributed by atoms with Crippen molar-refractivity contribution in [3.8, 4) is 0 Å². The van der Waals surface area contributed by atoms with Crippen molar-refractivity contribution in [1.82, 2.24) is 15.2 Å². The van der Waals surface area contributed by atoms with E-state index in [2.05, 4.69) is 15.2 Å². The number of carbonyl (C=O) groups excluding carboxylic acids is 2. The van der Waals surface area contributed by atoms with Gasteiger partial charge in [-0.2, -0.15) is 0 Å². The fourth-order valence-electron chi connectivity index (χ4n) is 2.32. The lowest BCUT2D eigenvalue weighted by Crippen LogP contribution is -2.49. The molecule has 0 atom stereocenters. The number of nitrogens with one attached hydrogen (secondary N) is 1. The maximum absolute atomic E-state index is 12.5. The second kappa shape index (κ2) is 5.86. The Kier molecular flexibility index (Phi) is 3.93. The quantitative estimate of drug-likeness (QED) is 0.737. The second-order valence-electron chi connectivity index (χ2n) is 4.89. The molecular weight excluding hydrogens is 294 g/mol. The summed E-state index contributed by atoms with van der Waals surface area (Å²) in [5.41, 5.74) is 5.88. The predicted octanol–water partition coefficient (Wildman–Crippen LogP) is -0.866. The molecule has 1 aromatic heterocycles. The molecule has 8 nitrogen and oxygen atoms in total. The van der Waals surface area contributed by atoms with Gasteiger partial charge in [-0.15, -0.1) is 0 Å². The van der Waals surface area contributed by atoms with Gasteiger partial charge < -0.3 is 25.6 Å². The van der Waals surface area contributed by atoms with E-state index >= 15 is 0 Å². The van der Waals surface area contributed by atoms with E-state index in [0.29, 0.717) is 31.2 Å². The zero-order valence-corrected chi connectivity index (χ0v) is 12.3. The van der Waals surface area contributed by atoms with Gasteiger partial charge in [0.05, 0.1) is 19.8 Å². The molecule has 3 heterocycles. The van der Waals surface area contributed by atoms with Crippen molar-refractivity contribution in [3.63, 3.8) is 0 Å². The van der Waals surface area contributed by atoms with Crippen molar-refractivity contribution < 1.29 is 14.3 Å². The van der Waals surface area contributed by atoms with Gasteiger partial charge >= 0.3 is 0 Å². The molecule has 2 amide bonds. The highest BCUT2D eigenvalue weighted by molar-refractivity contribution is 7.18. The molecule has 0 spiro atoms. The number of rotatable bonds is 2. The van der Waals surface area contributed by atoms with E-state index in [1.807, 2.05) is 0 Å². The van der Waals surface area contributed by atoms with Gasteiger partial charge in [0.1, 0.15) is 10.7 Å². The number of hydrogen-bond acceptors (Lipinski definition) is 7. The van der Waals surface area contributed by atoms with E-state index in [0.717, 1.165) is 18.2 Å². The molecule has 0 aromatic carbocycles. The van der Waals surface area contributed by atoms with Crippen LogP contribution in [0.5, 0.6) is 0 Å². The van der Waals surface area contributed by atoms with Crippen LogP contribution in [0.15, 0.2) is 0 Å². The molecule has 0 unspecified atom stereocenters. The van der Waals surface area contributed by atoms with Crippen LogP contribution in [-0.2, 0) is 9.53 Å². The number of amides is 2. The number of thiazole rings is 1. The largest absolute Gasteiger partial charge is 0.382 e. The zero-order valence-electron chi connectivity index (χ0n) is 11.5. The zero-order chi connectivity index (χ0) is 14.8. The van der Waals surface area contributed by atoms with Crippen molar-refractivity contribution in [1.29, 1.82) is 0 Å². The second-order valence-corrected chi connectivity index (χ2v) is 5.86. The number of nitrogens with two attached hydrogens (primary N) is 1. The summed E-state index contributed by atoms with van der Waals surface area (Å²) in [5, 5.41) is 3.43. The standard InChI is InChI=1S/C12H17N5O3S/c13-10-9(11(19)17-2-1-14-8(18)7-17)21-12(15-10)16-3-5-20-6-4-16/h1-7,13H2,(H,14,18). The first-order valence-electron chi connectivity index (χ1n) is 6.80. The number of morpholine rings is 1. The number of aromatic nitrogens is 1. The number of piperazine rings is 1. The maximum Gasteiger partial charge on any atom is 0.268 e. The van der Waals surface area contributed by atoms with Gasteiger partial charge in [-0.1, -0.05) is 11.3 Å². The molecule has 2 saturated heterocycles. The van der Waals surface area contributed by atoms with E-state index in [9.17, 15) is 9.59 Å². The van der Waals surface area contributed by atoms with Gasteiger partial charge in [0, 0.05) is 26.2 Å². The summed E-state index contributed by atoms with van der Waals surface area (Å²) in [6.07, 6.45) is 0. The molecular formula is C12H17N5O3S. The van der Waals surface area contributed by atoms with Crippen LogP contribution in [0, 0.1) is 0 Å². The van der Waals surface area contributed by atoms with Crippen LogP contribution in [0.25, 0.3) is 0 Å². The average molecular weight is 311 g/mol. The molecule has 0 bridgehead atoms. The van der Waals surface area contributed by atoms with Crippen LogP contribution in [0.1, 0.15) is 9.67 Å². The number of hydrogen-bond donors (Lipinski definition) is 2. The summed E-state index contributed by atoms with van der Waals surface area (Å²) in [6.45, 7) is 3.82. The SMILES string of the molecule is Nc1nc(N2CCOCC2)sc1C(=O)N1CCNC(=O)C1. The van der Waals surface area contributed by atoms with Crippen molar-refractivity contribution in [2.24, 2.45) is 0 Å². The number of carbonyl (C=O) groups is 2. The van der Waals surface area contributed by atoms with Crippen LogP contribution in [0.2, 0.25) is 0 Å². The first-order valence-corrected chi connectivity index (χ1v) is 7.62. The molecule has 0 saturated carbocycles. The summed E-state index contributed by atoms with van der Waals surface area (Å²) < 4.78 is 5.30. The van der Waals surface area contributed by atoms with E-state index < -0.39 is 0 Å². The van der Waals surface area contributed by atoms with E-state index in [-0.39, 0.29) is 24.2 Å². The molecule has 2 fully saturated rings. The van der Waals surface area contributed by atoms with E-state index in [1.54, 1.807) is 0 Å². The fraction of sp³-hybridized carbons (Fsp3) is 0.583. The Morgan fingerprint density at radius 3 is 2.81 bits per heavy atom. The Bertz CT molecular complexity index is 555. The van der Waals surface area contributed by atoms with Gasteiger partial charge in [-0.3, -0.25) is 9.59 Å². The third-order valence-corrected chi connectivity index (χ3v) is 4.56. The first kappa shape index (κ1) is 14.1. The van der Waals surface area contributed by atoms with E-state index in [1.165, 1.54) is 16.2 Å². The third-order valence-electron chi connectivity index (χ3n) is 3.44. The lowest BCUT2D eigenvalue weighted by Gasteiger charge is -2.26. The topological polar surface area (TPSA) is 101 Å². The van der Waals surface area contributed by atoms with Crippen LogP contribution >= 0.6 is 11.3 Å². The molecule has 3 rings (SSSR count). The predicted molar refractivity (Wildman–Crippen MR) is 78.5 cm³/mol. The summed E-state index contributed by atoms with van der Waals surface area (Å²) in [6, 6.07) is 0. The smallest absolute Gasteiger partial charge is 0.268 e. The average Bonchev–Trinajstić information content (AvgIpc) is 2.89. The molecule has 2 aliphatic heterocycles. The summed E-state index contributed by atoms with van der Waals surface area (Å²) in [7, 11) is 0. The molecule has 114 valence electrons. The number of anilines is 2. The van der Waals surface area contributed by atoms with Gasteiger partial charge in [-0.25, -0.2) is 4.98 Å². The van der Waals surface area contributed by atoms with Gasteiger partial charge in [0.2, 0.25) is 5.91 Å². The number of nitrogen functional groups attached to an aromatic ring is 1. The fourth-order valence-corrected chi connectivity index (χ4v) is 3.32. The Morgan fingerprint density at radius 2 is 2.10 bits per heavy atom. The Morgan fingerprint density at radius 1 is 1.33 bits per heavy atom. The Balaban J connectivity index is 1.76. The Labute approximate surface area is 125 Å². The highest BCUT2D eigenvalue weighted by Crippen LogP contribution is 2.29. The minimum absolute atomic E-state index is 0.0725. The molecule has 3 N–H and O–H groups in total. The molecule has 1 aromatic rings. The normalized spacial score (nSPS) is 19.5. The van der Waals surface area contributed by atoms with Crippen LogP contribution in [0.4, 0.5) is 10.9 Å². The first-order chi connectivity index (χ1) is 10.1. The van der Waals surface area contributed by atoms with Crippen molar-refractivity contribution in [3.05, 3.63) is 4.88 Å². The van der Waals surface area contributed by atoms with Crippen molar-refractivity contribution in [2.75, 3.05) is 56.6 Å². The summed E-state index contributed by atoms with van der Waals surface area (Å²) >= 11 is 1.28. The molecule has 0 aliphatic carbocycles. The highest BCUT2D eigenvalue weighted by atomic mass is 32.1. The molecule has 9 heteroatoms. The highest BCUT2D eigenvalue weighted by Gasteiger charge is 2.27. The van der Waals surface area contributed by atoms with Gasteiger partial charge in [0.15, 0.2) is 5.13 Å². The van der Waals surface area contributed by atoms with Gasteiger partial charge in [-0.05, 0) is 0 Å². The third kappa shape index (κ3) is 2.93. The Hall–Kier alpha value is -1.87. The maximum atomic E-state index is 12.5. The van der Waals surface area contributed by atoms with Gasteiger partial charge in [0.25, 0.3) is 5.91 Å². The lowest BCUT2D eigenvalue weighted by molar-refractivity contribution is -0.123. The monoisotopic (exact) mass is 311 g/mol. The van der Waals surface area contributed by atoms with E-state index in [4.69, 9.17) is 10.5 Å². The minimum atomic E-state index is -0.223. The molecule has 0 radical (unpaired) electrons. The van der Waals surface area contributed by atoms with Crippen molar-refractivity contribution >= 4 is 34.1 Å². The van der Waals surface area contributed by atoms with Crippen LogP contribution in [-0.4, -0.2) is 67.6 Å². The molecule has 2 aliphatic rings.